The van der Waals surface area contributed by atoms with Gasteiger partial charge in [0.1, 0.15) is 11.5 Å². The molecule has 5 nitrogen and oxygen atoms in total. The number of carbonyl (C=O) groups excluding carboxylic acids is 2. The summed E-state index contributed by atoms with van der Waals surface area (Å²) in [4.78, 5) is 30.2. The van der Waals surface area contributed by atoms with Gasteiger partial charge >= 0.3 is 11.9 Å². The lowest BCUT2D eigenvalue weighted by Gasteiger charge is -2.33. The van der Waals surface area contributed by atoms with Gasteiger partial charge in [0.25, 0.3) is 0 Å². The van der Waals surface area contributed by atoms with Crippen LogP contribution in [-0.4, -0.2) is 30.4 Å². The number of halogens is 2. The molecule has 2 unspecified atom stereocenters. The first kappa shape index (κ1) is 22.4. The number of aliphatic imine (C=N–C) groups is 1. The van der Waals surface area contributed by atoms with E-state index in [1.54, 1.807) is 32.0 Å². The number of ether oxygens (including phenoxy) is 2. The number of esters is 2. The zero-order chi connectivity index (χ0) is 21.2. The van der Waals surface area contributed by atoms with Crippen LogP contribution >= 0.6 is 23.2 Å². The molecule has 0 aromatic heterocycles. The molecule has 28 heavy (non-hydrogen) atoms. The SMILES string of the molecule is CCC(C)(C)OC(=O)C1=C(C)N=C(C)C(C(=O)OC)C1c1cccc(Cl)c1Cl. The number of methoxy groups -OCH3 is 1. The lowest BCUT2D eigenvalue weighted by Crippen LogP contribution is -2.38. The quantitative estimate of drug-likeness (QED) is 0.596. The van der Waals surface area contributed by atoms with Gasteiger partial charge in [-0.25, -0.2) is 4.79 Å². The molecule has 0 saturated heterocycles. The Kier molecular flexibility index (Phi) is 6.94. The molecule has 0 fully saturated rings. The zero-order valence-electron chi connectivity index (χ0n) is 16.9. The normalized spacial score (nSPS) is 19.9. The largest absolute Gasteiger partial charge is 0.468 e. The number of hydrogen-bond acceptors (Lipinski definition) is 5. The molecule has 1 aromatic rings. The van der Waals surface area contributed by atoms with Gasteiger partial charge in [-0.3, -0.25) is 9.79 Å². The average Bonchev–Trinajstić information content (AvgIpc) is 2.62. The van der Waals surface area contributed by atoms with Crippen molar-refractivity contribution in [3.8, 4) is 0 Å². The van der Waals surface area contributed by atoms with Gasteiger partial charge in [0, 0.05) is 17.3 Å². The molecule has 1 aromatic carbocycles. The number of hydrogen-bond donors (Lipinski definition) is 0. The van der Waals surface area contributed by atoms with E-state index >= 15 is 0 Å². The summed E-state index contributed by atoms with van der Waals surface area (Å²) in [5.41, 5.74) is 1.20. The molecule has 2 rings (SSSR count). The highest BCUT2D eigenvalue weighted by Gasteiger charge is 2.44. The van der Waals surface area contributed by atoms with Crippen molar-refractivity contribution < 1.29 is 19.1 Å². The monoisotopic (exact) mass is 425 g/mol. The molecule has 0 saturated carbocycles. The molecule has 0 radical (unpaired) electrons. The molecule has 0 aliphatic carbocycles. The van der Waals surface area contributed by atoms with E-state index in [1.165, 1.54) is 7.11 Å². The van der Waals surface area contributed by atoms with E-state index in [-0.39, 0.29) is 10.6 Å². The molecule has 0 amide bonds. The fraction of sp³-hybridized carbons (Fsp3) is 0.476. The van der Waals surface area contributed by atoms with Gasteiger partial charge in [-0.15, -0.1) is 0 Å². The van der Waals surface area contributed by atoms with Crippen molar-refractivity contribution in [1.82, 2.24) is 0 Å². The van der Waals surface area contributed by atoms with Crippen LogP contribution < -0.4 is 0 Å². The van der Waals surface area contributed by atoms with E-state index in [0.29, 0.717) is 28.4 Å². The Bertz CT molecular complexity index is 858. The number of benzene rings is 1. The number of nitrogens with zero attached hydrogens (tertiary/aromatic N) is 1. The minimum Gasteiger partial charge on any atom is -0.468 e. The summed E-state index contributed by atoms with van der Waals surface area (Å²) < 4.78 is 10.7. The molecule has 0 bridgehead atoms. The fourth-order valence-corrected chi connectivity index (χ4v) is 3.63. The summed E-state index contributed by atoms with van der Waals surface area (Å²) in [5.74, 6) is -2.56. The minimum absolute atomic E-state index is 0.283. The van der Waals surface area contributed by atoms with Gasteiger partial charge in [-0.05, 0) is 45.7 Å². The van der Waals surface area contributed by atoms with Gasteiger partial charge in [-0.1, -0.05) is 42.3 Å². The predicted octanol–water partition coefficient (Wildman–Crippen LogP) is 5.35. The van der Waals surface area contributed by atoms with Gasteiger partial charge in [0.2, 0.25) is 0 Å². The summed E-state index contributed by atoms with van der Waals surface area (Å²) in [6.45, 7) is 9.04. The van der Waals surface area contributed by atoms with Crippen LogP contribution in [0.3, 0.4) is 0 Å². The molecule has 1 aliphatic heterocycles. The predicted molar refractivity (Wildman–Crippen MR) is 111 cm³/mol. The number of carbonyl (C=O) groups is 2. The third-order valence-electron chi connectivity index (χ3n) is 5.04. The van der Waals surface area contributed by atoms with E-state index in [1.807, 2.05) is 20.8 Å². The summed E-state index contributed by atoms with van der Waals surface area (Å²) in [6.07, 6.45) is 0.635. The second-order valence-electron chi connectivity index (χ2n) is 7.38. The second-order valence-corrected chi connectivity index (χ2v) is 8.16. The van der Waals surface area contributed by atoms with Crippen LogP contribution in [0.4, 0.5) is 0 Å². The maximum Gasteiger partial charge on any atom is 0.337 e. The Morgan fingerprint density at radius 3 is 2.43 bits per heavy atom. The molecule has 152 valence electrons. The molecule has 2 atom stereocenters. The van der Waals surface area contributed by atoms with Crippen LogP contribution in [-0.2, 0) is 19.1 Å². The van der Waals surface area contributed by atoms with Crippen molar-refractivity contribution in [2.75, 3.05) is 7.11 Å². The van der Waals surface area contributed by atoms with Gasteiger partial charge in [-0.2, -0.15) is 0 Å². The average molecular weight is 426 g/mol. The van der Waals surface area contributed by atoms with Crippen LogP contribution in [0.5, 0.6) is 0 Å². The van der Waals surface area contributed by atoms with Crippen LogP contribution in [0.2, 0.25) is 10.0 Å². The molecule has 0 N–H and O–H groups in total. The van der Waals surface area contributed by atoms with E-state index in [9.17, 15) is 9.59 Å². The maximum atomic E-state index is 13.1. The Labute approximate surface area is 175 Å². The van der Waals surface area contributed by atoms with Crippen molar-refractivity contribution in [3.63, 3.8) is 0 Å². The van der Waals surface area contributed by atoms with Crippen LogP contribution in [0.1, 0.15) is 52.5 Å². The Morgan fingerprint density at radius 2 is 1.86 bits per heavy atom. The van der Waals surface area contributed by atoms with Crippen molar-refractivity contribution in [1.29, 1.82) is 0 Å². The van der Waals surface area contributed by atoms with Crippen LogP contribution in [0.25, 0.3) is 0 Å². The van der Waals surface area contributed by atoms with E-state index < -0.39 is 29.4 Å². The second kappa shape index (κ2) is 8.66. The van der Waals surface area contributed by atoms with Gasteiger partial charge in [0.05, 0.1) is 22.7 Å². The molecule has 1 heterocycles. The smallest absolute Gasteiger partial charge is 0.337 e. The Balaban J connectivity index is 2.70. The Morgan fingerprint density at radius 1 is 1.21 bits per heavy atom. The molecule has 1 aliphatic rings. The third kappa shape index (κ3) is 4.41. The standard InChI is InChI=1S/C21H25Cl2NO4/c1-7-21(4,5)28-20(26)16-12(3)24-11(2)15(19(25)27-6)17(16)13-9-8-10-14(22)18(13)23/h8-10,15,17H,7H2,1-6H3. The molecular weight excluding hydrogens is 401 g/mol. The molecule has 0 spiro atoms. The Hall–Kier alpha value is -1.85. The summed E-state index contributed by atoms with van der Waals surface area (Å²) in [5, 5.41) is 0.618. The lowest BCUT2D eigenvalue weighted by molar-refractivity contribution is -0.152. The van der Waals surface area contributed by atoms with Crippen molar-refractivity contribution >= 4 is 40.9 Å². The summed E-state index contributed by atoms with van der Waals surface area (Å²) in [6, 6.07) is 5.13. The van der Waals surface area contributed by atoms with E-state index in [0.717, 1.165) is 0 Å². The topological polar surface area (TPSA) is 65.0 Å². The lowest BCUT2D eigenvalue weighted by atomic mass is 9.75. The van der Waals surface area contributed by atoms with E-state index in [2.05, 4.69) is 4.99 Å². The highest BCUT2D eigenvalue weighted by atomic mass is 35.5. The summed E-state index contributed by atoms with van der Waals surface area (Å²) >= 11 is 12.7. The maximum absolute atomic E-state index is 13.1. The van der Waals surface area contributed by atoms with E-state index in [4.69, 9.17) is 32.7 Å². The van der Waals surface area contributed by atoms with Gasteiger partial charge in [0.15, 0.2) is 0 Å². The minimum atomic E-state index is -0.808. The molecule has 7 heteroatoms. The van der Waals surface area contributed by atoms with Crippen molar-refractivity contribution in [3.05, 3.63) is 45.1 Å². The molecular formula is C21H25Cl2NO4. The zero-order valence-corrected chi connectivity index (χ0v) is 18.4. The first-order valence-electron chi connectivity index (χ1n) is 9.05. The number of rotatable bonds is 5. The summed E-state index contributed by atoms with van der Waals surface area (Å²) in [7, 11) is 1.30. The number of allylic oxidation sites excluding steroid dienone is 1. The van der Waals surface area contributed by atoms with Gasteiger partial charge < -0.3 is 9.47 Å². The third-order valence-corrected chi connectivity index (χ3v) is 5.87. The van der Waals surface area contributed by atoms with Crippen molar-refractivity contribution in [2.45, 2.75) is 52.6 Å². The highest BCUT2D eigenvalue weighted by Crippen LogP contribution is 2.44. The van der Waals surface area contributed by atoms with Crippen molar-refractivity contribution in [2.24, 2.45) is 10.9 Å². The highest BCUT2D eigenvalue weighted by molar-refractivity contribution is 6.42. The first-order valence-corrected chi connectivity index (χ1v) is 9.80. The van der Waals surface area contributed by atoms with Crippen LogP contribution in [0.15, 0.2) is 34.5 Å². The first-order chi connectivity index (χ1) is 13.0. The van der Waals surface area contributed by atoms with Crippen LogP contribution in [0, 0.1) is 5.92 Å². The fourth-order valence-electron chi connectivity index (χ4n) is 3.21.